The monoisotopic (exact) mass is 336 g/mol. The predicted octanol–water partition coefficient (Wildman–Crippen LogP) is 3.18. The Bertz CT molecular complexity index is 603. The first kappa shape index (κ1) is 14.9. The normalized spacial score (nSPS) is 13.7. The number of halogens is 1. The van der Waals surface area contributed by atoms with Crippen LogP contribution < -0.4 is 11.1 Å². The van der Waals surface area contributed by atoms with E-state index in [1.165, 1.54) is 10.9 Å². The van der Waals surface area contributed by atoms with E-state index in [2.05, 4.69) is 57.2 Å². The molecule has 4 nitrogen and oxygen atoms in total. The summed E-state index contributed by atoms with van der Waals surface area (Å²) in [4.78, 5) is 7.65. The summed E-state index contributed by atoms with van der Waals surface area (Å²) in [5.74, 6) is 0.528. The fourth-order valence-corrected chi connectivity index (χ4v) is 2.42. The van der Waals surface area contributed by atoms with E-state index in [9.17, 15) is 0 Å². The van der Waals surface area contributed by atoms with E-state index in [0.717, 1.165) is 22.8 Å². The molecular formula is C15H21BrN4. The van der Waals surface area contributed by atoms with Crippen LogP contribution in [0.3, 0.4) is 0 Å². The third-order valence-electron chi connectivity index (χ3n) is 3.40. The molecule has 5 heteroatoms. The summed E-state index contributed by atoms with van der Waals surface area (Å²) in [7, 11) is 0. The molecule has 0 saturated heterocycles. The standard InChI is InChI=1S/C15H21BrN4/c1-3-10(2)20-15(17)18-7-6-11-9-19-14-5-4-12(16)8-13(11)14/h4-5,8-10,19H,3,6-7H2,1-2H3,(H3,17,18,20). The van der Waals surface area contributed by atoms with Gasteiger partial charge in [-0.15, -0.1) is 0 Å². The topological polar surface area (TPSA) is 66.2 Å². The molecule has 1 unspecified atom stereocenters. The van der Waals surface area contributed by atoms with Gasteiger partial charge in [-0.2, -0.15) is 0 Å². The van der Waals surface area contributed by atoms with E-state index in [-0.39, 0.29) is 0 Å². The van der Waals surface area contributed by atoms with Crippen molar-refractivity contribution in [3.05, 3.63) is 34.4 Å². The SMILES string of the molecule is CCC(C)NC(N)=NCCc1c[nH]c2ccc(Br)cc12. The number of hydrogen-bond donors (Lipinski definition) is 3. The number of benzene rings is 1. The lowest BCUT2D eigenvalue weighted by Crippen LogP contribution is -2.38. The molecule has 1 heterocycles. The lowest BCUT2D eigenvalue weighted by molar-refractivity contribution is 0.636. The van der Waals surface area contributed by atoms with Crippen LogP contribution in [0.1, 0.15) is 25.8 Å². The van der Waals surface area contributed by atoms with Gasteiger partial charge >= 0.3 is 0 Å². The predicted molar refractivity (Wildman–Crippen MR) is 89.1 cm³/mol. The van der Waals surface area contributed by atoms with E-state index >= 15 is 0 Å². The molecular weight excluding hydrogens is 316 g/mol. The summed E-state index contributed by atoms with van der Waals surface area (Å²) in [6, 6.07) is 6.61. The quantitative estimate of drug-likeness (QED) is 0.579. The molecule has 0 aliphatic heterocycles. The minimum absolute atomic E-state index is 0.364. The highest BCUT2D eigenvalue weighted by atomic mass is 79.9. The fourth-order valence-electron chi connectivity index (χ4n) is 2.05. The van der Waals surface area contributed by atoms with Crippen molar-refractivity contribution in [1.82, 2.24) is 10.3 Å². The molecule has 0 radical (unpaired) electrons. The van der Waals surface area contributed by atoms with E-state index in [4.69, 9.17) is 5.73 Å². The van der Waals surface area contributed by atoms with Crippen LogP contribution in [0.5, 0.6) is 0 Å². The Morgan fingerprint density at radius 2 is 2.30 bits per heavy atom. The number of fused-ring (bicyclic) bond motifs is 1. The Morgan fingerprint density at radius 1 is 1.50 bits per heavy atom. The van der Waals surface area contributed by atoms with Gasteiger partial charge in [0, 0.05) is 34.2 Å². The molecule has 0 amide bonds. The Hall–Kier alpha value is -1.49. The second-order valence-corrected chi connectivity index (χ2v) is 5.89. The first-order chi connectivity index (χ1) is 9.60. The van der Waals surface area contributed by atoms with Gasteiger partial charge in [-0.25, -0.2) is 0 Å². The summed E-state index contributed by atoms with van der Waals surface area (Å²) in [6.07, 6.45) is 3.96. The van der Waals surface area contributed by atoms with Crippen molar-refractivity contribution in [2.45, 2.75) is 32.7 Å². The molecule has 0 bridgehead atoms. The highest BCUT2D eigenvalue weighted by Gasteiger charge is 2.04. The average Bonchev–Trinajstić information content (AvgIpc) is 2.81. The number of aromatic amines is 1. The van der Waals surface area contributed by atoms with Crippen molar-refractivity contribution in [1.29, 1.82) is 0 Å². The van der Waals surface area contributed by atoms with E-state index < -0.39 is 0 Å². The smallest absolute Gasteiger partial charge is 0.188 e. The highest BCUT2D eigenvalue weighted by Crippen LogP contribution is 2.22. The van der Waals surface area contributed by atoms with Gasteiger partial charge in [0.15, 0.2) is 5.96 Å². The van der Waals surface area contributed by atoms with Crippen LogP contribution in [0.4, 0.5) is 0 Å². The molecule has 0 fully saturated rings. The highest BCUT2D eigenvalue weighted by molar-refractivity contribution is 9.10. The summed E-state index contributed by atoms with van der Waals surface area (Å²) in [6.45, 7) is 4.91. The van der Waals surface area contributed by atoms with Gasteiger partial charge in [-0.05, 0) is 43.5 Å². The number of guanidine groups is 1. The van der Waals surface area contributed by atoms with Gasteiger partial charge in [0.2, 0.25) is 0 Å². The zero-order valence-corrected chi connectivity index (χ0v) is 13.5. The van der Waals surface area contributed by atoms with Gasteiger partial charge in [0.25, 0.3) is 0 Å². The number of aromatic nitrogens is 1. The zero-order chi connectivity index (χ0) is 14.5. The molecule has 108 valence electrons. The minimum atomic E-state index is 0.364. The Kier molecular flexibility index (Phi) is 5.06. The molecule has 0 saturated carbocycles. The van der Waals surface area contributed by atoms with Crippen LogP contribution in [0, 0.1) is 0 Å². The fraction of sp³-hybridized carbons (Fsp3) is 0.400. The second kappa shape index (κ2) is 6.79. The van der Waals surface area contributed by atoms with Crippen molar-refractivity contribution in [3.8, 4) is 0 Å². The summed E-state index contributed by atoms with van der Waals surface area (Å²) in [5, 5.41) is 4.41. The van der Waals surface area contributed by atoms with Crippen molar-refractivity contribution in [3.63, 3.8) is 0 Å². The van der Waals surface area contributed by atoms with Crippen LogP contribution in [0.25, 0.3) is 10.9 Å². The van der Waals surface area contributed by atoms with E-state index in [1.54, 1.807) is 0 Å². The third-order valence-corrected chi connectivity index (χ3v) is 3.89. The first-order valence-corrected chi connectivity index (χ1v) is 7.71. The Balaban J connectivity index is 1.99. The number of H-pyrrole nitrogens is 1. The molecule has 1 aromatic heterocycles. The van der Waals surface area contributed by atoms with Crippen molar-refractivity contribution in [2.24, 2.45) is 10.7 Å². The maximum Gasteiger partial charge on any atom is 0.188 e. The van der Waals surface area contributed by atoms with Crippen LogP contribution in [-0.2, 0) is 6.42 Å². The molecule has 1 atom stereocenters. The van der Waals surface area contributed by atoms with E-state index in [1.807, 2.05) is 12.3 Å². The number of aliphatic imine (C=N–C) groups is 1. The van der Waals surface area contributed by atoms with Gasteiger partial charge < -0.3 is 16.0 Å². The second-order valence-electron chi connectivity index (χ2n) is 4.97. The van der Waals surface area contributed by atoms with E-state index in [0.29, 0.717) is 18.5 Å². The maximum absolute atomic E-state index is 5.85. The largest absolute Gasteiger partial charge is 0.370 e. The van der Waals surface area contributed by atoms with Crippen LogP contribution >= 0.6 is 15.9 Å². The Labute approximate surface area is 128 Å². The molecule has 20 heavy (non-hydrogen) atoms. The van der Waals surface area contributed by atoms with Crippen LogP contribution in [0.15, 0.2) is 33.9 Å². The zero-order valence-electron chi connectivity index (χ0n) is 11.9. The molecule has 2 rings (SSSR count). The number of nitrogens with one attached hydrogen (secondary N) is 2. The van der Waals surface area contributed by atoms with Crippen molar-refractivity contribution >= 4 is 32.8 Å². The minimum Gasteiger partial charge on any atom is -0.370 e. The van der Waals surface area contributed by atoms with Crippen molar-refractivity contribution < 1.29 is 0 Å². The summed E-state index contributed by atoms with van der Waals surface area (Å²) in [5.41, 5.74) is 8.27. The molecule has 4 N–H and O–H groups in total. The van der Waals surface area contributed by atoms with Gasteiger partial charge in [-0.1, -0.05) is 22.9 Å². The number of nitrogens with two attached hydrogens (primary N) is 1. The lowest BCUT2D eigenvalue weighted by Gasteiger charge is -2.11. The van der Waals surface area contributed by atoms with Gasteiger partial charge in [-0.3, -0.25) is 4.99 Å². The number of nitrogens with zero attached hydrogens (tertiary/aromatic N) is 1. The maximum atomic E-state index is 5.85. The first-order valence-electron chi connectivity index (χ1n) is 6.92. The molecule has 1 aromatic carbocycles. The third kappa shape index (κ3) is 3.76. The van der Waals surface area contributed by atoms with Gasteiger partial charge in [0.1, 0.15) is 0 Å². The molecule has 2 aromatic rings. The summed E-state index contributed by atoms with van der Waals surface area (Å²) >= 11 is 3.51. The van der Waals surface area contributed by atoms with Crippen LogP contribution in [-0.4, -0.2) is 23.5 Å². The van der Waals surface area contributed by atoms with Gasteiger partial charge in [0.05, 0.1) is 0 Å². The molecule has 0 spiro atoms. The molecule has 0 aliphatic rings. The van der Waals surface area contributed by atoms with Crippen LogP contribution in [0.2, 0.25) is 0 Å². The average molecular weight is 337 g/mol. The number of rotatable bonds is 5. The molecule has 0 aliphatic carbocycles. The lowest BCUT2D eigenvalue weighted by atomic mass is 10.1. The summed E-state index contributed by atoms with van der Waals surface area (Å²) < 4.78 is 1.09. The number of hydrogen-bond acceptors (Lipinski definition) is 1. The Morgan fingerprint density at radius 3 is 3.05 bits per heavy atom. The van der Waals surface area contributed by atoms with Crippen molar-refractivity contribution in [2.75, 3.05) is 6.54 Å².